The molecule has 0 saturated heterocycles. The van der Waals surface area contributed by atoms with Crippen molar-refractivity contribution in [1.29, 1.82) is 0 Å². The fourth-order valence-corrected chi connectivity index (χ4v) is 4.96. The second kappa shape index (κ2) is 12.6. The lowest BCUT2D eigenvalue weighted by Crippen LogP contribution is -2.52. The van der Waals surface area contributed by atoms with Gasteiger partial charge in [0.05, 0.1) is 23.8 Å². The summed E-state index contributed by atoms with van der Waals surface area (Å²) < 4.78 is 59.2. The number of aromatic nitrogens is 3. The summed E-state index contributed by atoms with van der Waals surface area (Å²) in [5, 5.41) is 17.1. The number of amides is 1. The van der Waals surface area contributed by atoms with E-state index in [1.165, 1.54) is 34.4 Å². The van der Waals surface area contributed by atoms with E-state index in [1.807, 2.05) is 0 Å². The number of nitrogens with zero attached hydrogens (tertiary/aromatic N) is 4. The van der Waals surface area contributed by atoms with Crippen molar-refractivity contribution in [2.75, 3.05) is 26.5 Å². The van der Waals surface area contributed by atoms with Crippen LogP contribution in [0.5, 0.6) is 5.75 Å². The molecular formula is C20H29F2N5O5S. The molecule has 0 spiro atoms. The highest BCUT2D eigenvalue weighted by Gasteiger charge is 2.37. The van der Waals surface area contributed by atoms with E-state index in [2.05, 4.69) is 10.3 Å². The Bertz CT molecular complexity index is 985. The first-order valence-corrected chi connectivity index (χ1v) is 11.9. The number of sulfonamides is 1. The van der Waals surface area contributed by atoms with Gasteiger partial charge < -0.3 is 4.74 Å². The van der Waals surface area contributed by atoms with Gasteiger partial charge in [-0.05, 0) is 43.0 Å². The smallest absolute Gasteiger partial charge is 0.262 e. The van der Waals surface area contributed by atoms with Crippen molar-refractivity contribution < 1.29 is 31.9 Å². The highest BCUT2D eigenvalue weighted by molar-refractivity contribution is 7.89. The Morgan fingerprint density at radius 2 is 1.94 bits per heavy atom. The molecule has 13 heteroatoms. The molecule has 0 fully saturated rings. The highest BCUT2D eigenvalue weighted by Crippen LogP contribution is 2.24. The van der Waals surface area contributed by atoms with Crippen molar-refractivity contribution in [3.05, 3.63) is 36.2 Å². The van der Waals surface area contributed by atoms with Crippen LogP contribution < -0.4 is 10.2 Å². The Hall–Kier alpha value is -2.64. The molecule has 1 aromatic heterocycles. The summed E-state index contributed by atoms with van der Waals surface area (Å²) >= 11 is 0. The van der Waals surface area contributed by atoms with E-state index < -0.39 is 41.2 Å². The predicted octanol–water partition coefficient (Wildman–Crippen LogP) is 1.75. The summed E-state index contributed by atoms with van der Waals surface area (Å²) in [6.07, 6.45) is 2.29. The van der Waals surface area contributed by atoms with Gasteiger partial charge in [0.25, 0.3) is 5.91 Å². The van der Waals surface area contributed by atoms with E-state index in [9.17, 15) is 27.2 Å². The molecule has 0 saturated carbocycles. The molecule has 1 amide bonds. The molecule has 2 rings (SSSR count). The van der Waals surface area contributed by atoms with Gasteiger partial charge in [-0.1, -0.05) is 19.1 Å². The average molecular weight is 490 g/mol. The van der Waals surface area contributed by atoms with E-state index in [-0.39, 0.29) is 24.6 Å². The van der Waals surface area contributed by atoms with Gasteiger partial charge in [0.1, 0.15) is 25.1 Å². The number of rotatable bonds is 14. The van der Waals surface area contributed by atoms with Crippen molar-refractivity contribution >= 4 is 15.9 Å². The average Bonchev–Trinajstić information content (AvgIpc) is 3.26. The first kappa shape index (κ1) is 26.6. The maximum atomic E-state index is 13.5. The third-order valence-corrected chi connectivity index (χ3v) is 6.69. The van der Waals surface area contributed by atoms with Crippen molar-refractivity contribution in [2.24, 2.45) is 5.92 Å². The summed E-state index contributed by atoms with van der Waals surface area (Å²) in [5.74, 6) is -1.05. The van der Waals surface area contributed by atoms with E-state index >= 15 is 0 Å². The van der Waals surface area contributed by atoms with E-state index in [4.69, 9.17) is 4.74 Å². The SMILES string of the molecule is CC(C)[C@H](C(=O)NO)N(CCn1cc(CCCF)nn1)S(=O)(=O)c1ccc(OCCF)cc1. The Morgan fingerprint density at radius 1 is 1.24 bits per heavy atom. The van der Waals surface area contributed by atoms with Gasteiger partial charge in [0, 0.05) is 12.7 Å². The molecular weight excluding hydrogens is 460 g/mol. The number of hydrogen-bond acceptors (Lipinski definition) is 7. The number of ether oxygens (including phenoxy) is 1. The third-order valence-electron chi connectivity index (χ3n) is 4.80. The molecule has 2 N–H and O–H groups in total. The second-order valence-electron chi connectivity index (χ2n) is 7.56. The van der Waals surface area contributed by atoms with Crippen molar-refractivity contribution in [2.45, 2.75) is 44.2 Å². The normalized spacial score (nSPS) is 12.8. The van der Waals surface area contributed by atoms with Crippen LogP contribution in [0.4, 0.5) is 8.78 Å². The lowest BCUT2D eigenvalue weighted by molar-refractivity contribution is -0.134. The quantitative estimate of drug-likeness (QED) is 0.306. The zero-order valence-corrected chi connectivity index (χ0v) is 19.3. The number of hydrogen-bond donors (Lipinski definition) is 2. The summed E-state index contributed by atoms with van der Waals surface area (Å²) in [6, 6.07) is 4.18. The first-order valence-electron chi connectivity index (χ1n) is 10.4. The van der Waals surface area contributed by atoms with Crippen LogP contribution in [0.1, 0.15) is 26.0 Å². The van der Waals surface area contributed by atoms with Gasteiger partial charge in [0.2, 0.25) is 10.0 Å². The summed E-state index contributed by atoms with van der Waals surface area (Å²) in [4.78, 5) is 12.3. The zero-order valence-electron chi connectivity index (χ0n) is 18.5. The molecule has 1 heterocycles. The first-order chi connectivity index (χ1) is 15.7. The summed E-state index contributed by atoms with van der Waals surface area (Å²) in [5.41, 5.74) is 2.11. The molecule has 10 nitrogen and oxygen atoms in total. The Balaban J connectivity index is 2.32. The molecule has 0 radical (unpaired) electrons. The van der Waals surface area contributed by atoms with Gasteiger partial charge >= 0.3 is 0 Å². The van der Waals surface area contributed by atoms with Crippen LogP contribution in [-0.4, -0.2) is 71.4 Å². The number of alkyl halides is 2. The van der Waals surface area contributed by atoms with Gasteiger partial charge in [-0.25, -0.2) is 18.3 Å². The third kappa shape index (κ3) is 7.17. The molecule has 0 bridgehead atoms. The van der Waals surface area contributed by atoms with Gasteiger partial charge in [-0.3, -0.25) is 19.1 Å². The lowest BCUT2D eigenvalue weighted by Gasteiger charge is -2.31. The van der Waals surface area contributed by atoms with Crippen LogP contribution in [0.15, 0.2) is 35.4 Å². The molecule has 0 aliphatic rings. The minimum absolute atomic E-state index is 0.0709. The summed E-state index contributed by atoms with van der Waals surface area (Å²) in [6.45, 7) is 1.91. The molecule has 2 aromatic rings. The second-order valence-corrected chi connectivity index (χ2v) is 9.45. The van der Waals surface area contributed by atoms with Crippen LogP contribution >= 0.6 is 0 Å². The van der Waals surface area contributed by atoms with Gasteiger partial charge in [-0.2, -0.15) is 4.31 Å². The predicted molar refractivity (Wildman–Crippen MR) is 115 cm³/mol. The number of benzene rings is 1. The molecule has 0 unspecified atom stereocenters. The summed E-state index contributed by atoms with van der Waals surface area (Å²) in [7, 11) is -4.19. The topological polar surface area (TPSA) is 127 Å². The van der Waals surface area contributed by atoms with Gasteiger partial charge in [0.15, 0.2) is 0 Å². The minimum Gasteiger partial charge on any atom is -0.491 e. The number of hydroxylamine groups is 1. The number of nitrogens with one attached hydrogen (secondary N) is 1. The lowest BCUT2D eigenvalue weighted by atomic mass is 10.0. The van der Waals surface area contributed by atoms with Crippen molar-refractivity contribution in [3.8, 4) is 5.75 Å². The van der Waals surface area contributed by atoms with Crippen LogP contribution in [0, 0.1) is 5.92 Å². The minimum atomic E-state index is -4.19. The maximum absolute atomic E-state index is 13.5. The number of carbonyl (C=O) groups is 1. The molecule has 33 heavy (non-hydrogen) atoms. The van der Waals surface area contributed by atoms with Crippen molar-refractivity contribution in [3.63, 3.8) is 0 Å². The fourth-order valence-electron chi connectivity index (χ4n) is 3.25. The largest absolute Gasteiger partial charge is 0.491 e. The fraction of sp³-hybridized carbons (Fsp3) is 0.550. The number of halogens is 2. The number of carbonyl (C=O) groups excluding carboxylic acids is 1. The molecule has 0 aliphatic carbocycles. The Labute approximate surface area is 191 Å². The molecule has 1 atom stereocenters. The monoisotopic (exact) mass is 489 g/mol. The zero-order chi connectivity index (χ0) is 24.4. The standard InChI is InChI=1S/C20H29F2N5O5S/c1-15(2)19(20(28)24-29)27(12-11-26-14-16(23-25-26)4-3-9-21)33(30,31)18-7-5-17(6-8-18)32-13-10-22/h5-8,14-15,19,29H,3-4,9-13H2,1-2H3,(H,24,28)/t19-/m1/s1. The van der Waals surface area contributed by atoms with E-state index in [1.54, 1.807) is 20.0 Å². The van der Waals surface area contributed by atoms with E-state index in [0.717, 1.165) is 4.31 Å². The van der Waals surface area contributed by atoms with Crippen LogP contribution in [0.3, 0.4) is 0 Å². The maximum Gasteiger partial charge on any atom is 0.262 e. The highest BCUT2D eigenvalue weighted by atomic mass is 32.2. The van der Waals surface area contributed by atoms with Crippen LogP contribution in [0.2, 0.25) is 0 Å². The Kier molecular flexibility index (Phi) is 10.1. The van der Waals surface area contributed by atoms with E-state index in [0.29, 0.717) is 24.3 Å². The van der Waals surface area contributed by atoms with Crippen LogP contribution in [0.25, 0.3) is 0 Å². The van der Waals surface area contributed by atoms with Crippen LogP contribution in [-0.2, 0) is 27.8 Å². The Morgan fingerprint density at radius 3 is 2.52 bits per heavy atom. The molecule has 184 valence electrons. The molecule has 1 aromatic carbocycles. The van der Waals surface area contributed by atoms with Crippen molar-refractivity contribution in [1.82, 2.24) is 24.8 Å². The number of aryl methyl sites for hydroxylation is 1. The molecule has 0 aliphatic heterocycles. The van der Waals surface area contributed by atoms with Gasteiger partial charge in [-0.15, -0.1) is 5.10 Å².